The van der Waals surface area contributed by atoms with E-state index in [9.17, 15) is 0 Å². The van der Waals surface area contributed by atoms with Crippen LogP contribution in [0.4, 0.5) is 0 Å². The smallest absolute Gasteiger partial charge is 0.0641 e. The second-order valence-corrected chi connectivity index (χ2v) is 7.14. The zero-order valence-electron chi connectivity index (χ0n) is 12.0. The van der Waals surface area contributed by atoms with Gasteiger partial charge >= 0.3 is 0 Å². The molecule has 1 unspecified atom stereocenters. The second-order valence-electron chi connectivity index (χ2n) is 7.14. The summed E-state index contributed by atoms with van der Waals surface area (Å²) in [5.74, 6) is 0. The lowest BCUT2D eigenvalue weighted by molar-refractivity contribution is -0.0894. The summed E-state index contributed by atoms with van der Waals surface area (Å²) in [6, 6.07) is 0.744. The van der Waals surface area contributed by atoms with Crippen molar-refractivity contribution in [1.82, 2.24) is 10.2 Å². The van der Waals surface area contributed by atoms with Crippen molar-refractivity contribution in [2.24, 2.45) is 0 Å². The van der Waals surface area contributed by atoms with Crippen LogP contribution >= 0.6 is 0 Å². The highest BCUT2D eigenvalue weighted by Gasteiger charge is 2.41. The molecule has 2 saturated heterocycles. The lowest BCUT2D eigenvalue weighted by Crippen LogP contribution is -2.62. The Morgan fingerprint density at radius 2 is 2.00 bits per heavy atom. The number of piperazine rings is 1. The number of nitrogens with zero attached hydrogens (tertiary/aromatic N) is 1. The number of hydrogen-bond donors (Lipinski definition) is 1. The summed E-state index contributed by atoms with van der Waals surface area (Å²) in [6.07, 6.45) is 8.02. The van der Waals surface area contributed by atoms with Gasteiger partial charge in [-0.25, -0.2) is 0 Å². The molecule has 0 amide bonds. The lowest BCUT2D eigenvalue weighted by Gasteiger charge is -2.48. The molecule has 3 heteroatoms. The molecule has 1 atom stereocenters. The molecule has 18 heavy (non-hydrogen) atoms. The molecule has 1 spiro atoms. The summed E-state index contributed by atoms with van der Waals surface area (Å²) in [5, 5.41) is 3.81. The molecule has 1 N–H and O–H groups in total. The normalized spacial score (nSPS) is 36.0. The highest BCUT2D eigenvalue weighted by molar-refractivity contribution is 5.00. The maximum atomic E-state index is 5.86. The van der Waals surface area contributed by atoms with Gasteiger partial charge in [0.15, 0.2) is 0 Å². The van der Waals surface area contributed by atoms with Crippen LogP contribution < -0.4 is 5.32 Å². The van der Waals surface area contributed by atoms with E-state index in [0.29, 0.717) is 5.54 Å². The summed E-state index contributed by atoms with van der Waals surface area (Å²) in [6.45, 7) is 9.10. The Kier molecular flexibility index (Phi) is 3.41. The molecule has 3 nitrogen and oxygen atoms in total. The van der Waals surface area contributed by atoms with Gasteiger partial charge in [0.05, 0.1) is 5.60 Å². The van der Waals surface area contributed by atoms with Crippen LogP contribution in [0.3, 0.4) is 0 Å². The van der Waals surface area contributed by atoms with E-state index in [-0.39, 0.29) is 5.60 Å². The van der Waals surface area contributed by atoms with Gasteiger partial charge in [0, 0.05) is 37.8 Å². The fraction of sp³-hybridized carbons (Fsp3) is 1.00. The molecule has 3 fully saturated rings. The van der Waals surface area contributed by atoms with E-state index < -0.39 is 0 Å². The fourth-order valence-corrected chi connectivity index (χ4v) is 4.20. The van der Waals surface area contributed by atoms with Crippen LogP contribution in [0.2, 0.25) is 0 Å². The van der Waals surface area contributed by atoms with Gasteiger partial charge in [-0.15, -0.1) is 0 Å². The molecular formula is C15H28N2O. The summed E-state index contributed by atoms with van der Waals surface area (Å²) >= 11 is 0. The summed E-state index contributed by atoms with van der Waals surface area (Å²) in [5.41, 5.74) is 0.539. The lowest BCUT2D eigenvalue weighted by atomic mass is 9.89. The average molecular weight is 252 g/mol. The van der Waals surface area contributed by atoms with Crippen LogP contribution in [-0.2, 0) is 4.74 Å². The molecule has 0 bridgehead atoms. The monoisotopic (exact) mass is 252 g/mol. The van der Waals surface area contributed by atoms with Gasteiger partial charge in [0.25, 0.3) is 0 Å². The molecule has 0 aromatic carbocycles. The van der Waals surface area contributed by atoms with Crippen molar-refractivity contribution in [1.29, 1.82) is 0 Å². The Labute approximate surface area is 111 Å². The molecule has 3 aliphatic rings. The first-order chi connectivity index (χ1) is 8.59. The topological polar surface area (TPSA) is 24.5 Å². The molecule has 0 aromatic heterocycles. The zero-order chi connectivity index (χ0) is 12.6. The molecule has 0 radical (unpaired) electrons. The second kappa shape index (κ2) is 4.77. The van der Waals surface area contributed by atoms with Crippen LogP contribution in [0.25, 0.3) is 0 Å². The molecule has 1 saturated carbocycles. The van der Waals surface area contributed by atoms with E-state index in [1.54, 1.807) is 0 Å². The van der Waals surface area contributed by atoms with E-state index in [0.717, 1.165) is 12.6 Å². The van der Waals surface area contributed by atoms with E-state index in [1.165, 1.54) is 58.2 Å². The van der Waals surface area contributed by atoms with Gasteiger partial charge in [-0.1, -0.05) is 12.8 Å². The molecular weight excluding hydrogens is 224 g/mol. The summed E-state index contributed by atoms with van der Waals surface area (Å²) < 4.78 is 5.86. The first kappa shape index (κ1) is 12.9. The quantitative estimate of drug-likeness (QED) is 0.774. The highest BCUT2D eigenvalue weighted by Crippen LogP contribution is 2.35. The third-order valence-electron chi connectivity index (χ3n) is 5.15. The first-order valence-electron chi connectivity index (χ1n) is 7.72. The number of ether oxygens (including phenoxy) is 1. The molecule has 104 valence electrons. The minimum atomic E-state index is 0.0800. The van der Waals surface area contributed by atoms with Crippen LogP contribution in [0.1, 0.15) is 52.4 Å². The zero-order valence-corrected chi connectivity index (χ0v) is 12.0. The maximum Gasteiger partial charge on any atom is 0.0641 e. The van der Waals surface area contributed by atoms with Gasteiger partial charge in [0.1, 0.15) is 0 Å². The standard InChI is InChI=1S/C15H28N2O/c1-14(2)11-13(5-10-18-14)17-9-8-16-15(12-17)6-3-4-7-15/h13,16H,3-12H2,1-2H3. The third-order valence-corrected chi connectivity index (χ3v) is 5.15. The van der Waals surface area contributed by atoms with Crippen molar-refractivity contribution in [3.05, 3.63) is 0 Å². The Bertz CT molecular complexity index is 297. The summed E-state index contributed by atoms with van der Waals surface area (Å²) in [7, 11) is 0. The molecule has 0 aromatic rings. The van der Waals surface area contributed by atoms with E-state index in [1.807, 2.05) is 0 Å². The Morgan fingerprint density at radius 3 is 2.72 bits per heavy atom. The highest BCUT2D eigenvalue weighted by atomic mass is 16.5. The van der Waals surface area contributed by atoms with Gasteiger partial charge in [-0.3, -0.25) is 4.90 Å². The van der Waals surface area contributed by atoms with Crippen LogP contribution in [0, 0.1) is 0 Å². The molecule has 1 aliphatic carbocycles. The predicted octanol–water partition coefficient (Wildman–Crippen LogP) is 2.16. The summed E-state index contributed by atoms with van der Waals surface area (Å²) in [4.78, 5) is 2.76. The van der Waals surface area contributed by atoms with Crippen LogP contribution in [-0.4, -0.2) is 48.3 Å². The first-order valence-corrected chi connectivity index (χ1v) is 7.72. The molecule has 3 rings (SSSR count). The van der Waals surface area contributed by atoms with Crippen LogP contribution in [0.5, 0.6) is 0 Å². The maximum absolute atomic E-state index is 5.86. The van der Waals surface area contributed by atoms with Crippen molar-refractivity contribution in [2.45, 2.75) is 69.6 Å². The van der Waals surface area contributed by atoms with Gasteiger partial charge < -0.3 is 10.1 Å². The average Bonchev–Trinajstić information content (AvgIpc) is 2.76. The van der Waals surface area contributed by atoms with E-state index in [2.05, 4.69) is 24.1 Å². The van der Waals surface area contributed by atoms with Crippen molar-refractivity contribution in [2.75, 3.05) is 26.2 Å². The Morgan fingerprint density at radius 1 is 1.22 bits per heavy atom. The minimum absolute atomic E-state index is 0.0800. The number of rotatable bonds is 1. The minimum Gasteiger partial charge on any atom is -0.375 e. The van der Waals surface area contributed by atoms with Gasteiger partial charge in [-0.05, 0) is 39.5 Å². The number of nitrogens with one attached hydrogen (secondary N) is 1. The predicted molar refractivity (Wildman–Crippen MR) is 73.8 cm³/mol. The van der Waals surface area contributed by atoms with Gasteiger partial charge in [-0.2, -0.15) is 0 Å². The SMILES string of the molecule is CC1(C)CC(N2CCNC3(CCCC3)C2)CCO1. The Balaban J connectivity index is 1.65. The largest absolute Gasteiger partial charge is 0.375 e. The van der Waals surface area contributed by atoms with Crippen molar-refractivity contribution < 1.29 is 4.74 Å². The van der Waals surface area contributed by atoms with Crippen molar-refractivity contribution in [3.63, 3.8) is 0 Å². The molecule has 2 aliphatic heterocycles. The number of hydrogen-bond acceptors (Lipinski definition) is 3. The van der Waals surface area contributed by atoms with Crippen molar-refractivity contribution in [3.8, 4) is 0 Å². The molecule has 2 heterocycles. The van der Waals surface area contributed by atoms with Crippen molar-refractivity contribution >= 4 is 0 Å². The van der Waals surface area contributed by atoms with E-state index >= 15 is 0 Å². The van der Waals surface area contributed by atoms with Gasteiger partial charge in [0.2, 0.25) is 0 Å². The third kappa shape index (κ3) is 2.59. The van der Waals surface area contributed by atoms with Crippen LogP contribution in [0.15, 0.2) is 0 Å². The fourth-order valence-electron chi connectivity index (χ4n) is 4.20. The van der Waals surface area contributed by atoms with E-state index in [4.69, 9.17) is 4.74 Å². The Hall–Kier alpha value is -0.120.